The molecule has 2 aromatic heterocycles. The maximum absolute atomic E-state index is 14.0. The molecule has 3 nitrogen and oxygen atoms in total. The molecule has 0 saturated heterocycles. The van der Waals surface area contributed by atoms with Crippen molar-refractivity contribution in [3.63, 3.8) is 0 Å². The first kappa shape index (κ1) is 11.0. The Bertz CT molecular complexity index is 768. The zero-order valence-electron chi connectivity index (χ0n) is 9.95. The smallest absolute Gasteiger partial charge is 0.177 e. The van der Waals surface area contributed by atoms with Gasteiger partial charge in [-0.3, -0.25) is 0 Å². The van der Waals surface area contributed by atoms with Gasteiger partial charge >= 0.3 is 0 Å². The van der Waals surface area contributed by atoms with Gasteiger partial charge in [-0.25, -0.2) is 14.4 Å². The Kier molecular flexibility index (Phi) is 2.35. The molecule has 0 aliphatic carbocycles. The van der Waals surface area contributed by atoms with Crippen molar-refractivity contribution in [1.29, 1.82) is 0 Å². The molecule has 3 heterocycles. The largest absolute Gasteiger partial charge is 0.309 e. The molecule has 3 aromatic rings. The number of aromatic nitrogens is 3. The van der Waals surface area contributed by atoms with Gasteiger partial charge in [0.15, 0.2) is 5.65 Å². The lowest BCUT2D eigenvalue weighted by Gasteiger charge is -2.14. The lowest BCUT2D eigenvalue weighted by atomic mass is 10.2. The molecule has 1 aliphatic heterocycles. The average Bonchev–Trinajstić information content (AvgIpc) is 2.98. The van der Waals surface area contributed by atoms with E-state index in [1.807, 2.05) is 24.3 Å². The Labute approximate surface area is 113 Å². The van der Waals surface area contributed by atoms with Crippen LogP contribution in [-0.4, -0.2) is 14.5 Å². The Morgan fingerprint density at radius 3 is 3.00 bits per heavy atom. The standard InChI is InChI=1S/C14H10FN3S/c15-10-5-2-1-4-9(10)14-18-11-6-3-7-16-13(11)17-12(18)8-19-14/h1-7,14H,8H2. The summed E-state index contributed by atoms with van der Waals surface area (Å²) >= 11 is 1.69. The van der Waals surface area contributed by atoms with Crippen LogP contribution in [0.5, 0.6) is 0 Å². The molecule has 1 atom stereocenters. The maximum Gasteiger partial charge on any atom is 0.177 e. The van der Waals surface area contributed by atoms with Gasteiger partial charge in [-0.1, -0.05) is 18.2 Å². The van der Waals surface area contributed by atoms with E-state index in [2.05, 4.69) is 14.5 Å². The van der Waals surface area contributed by atoms with E-state index < -0.39 is 0 Å². The Morgan fingerprint density at radius 1 is 1.21 bits per heavy atom. The summed E-state index contributed by atoms with van der Waals surface area (Å²) in [7, 11) is 0. The molecule has 0 radical (unpaired) electrons. The summed E-state index contributed by atoms with van der Waals surface area (Å²) in [5.74, 6) is 1.58. The summed E-state index contributed by atoms with van der Waals surface area (Å²) in [5.41, 5.74) is 2.41. The van der Waals surface area contributed by atoms with Gasteiger partial charge in [0.2, 0.25) is 0 Å². The van der Waals surface area contributed by atoms with E-state index in [0.717, 1.165) is 22.7 Å². The Morgan fingerprint density at radius 2 is 2.11 bits per heavy atom. The van der Waals surface area contributed by atoms with E-state index in [1.54, 1.807) is 24.0 Å². The molecule has 1 unspecified atom stereocenters. The van der Waals surface area contributed by atoms with Crippen molar-refractivity contribution in [1.82, 2.24) is 14.5 Å². The van der Waals surface area contributed by atoms with Gasteiger partial charge in [0.1, 0.15) is 17.0 Å². The van der Waals surface area contributed by atoms with Gasteiger partial charge < -0.3 is 4.57 Å². The molecule has 19 heavy (non-hydrogen) atoms. The fourth-order valence-electron chi connectivity index (χ4n) is 2.47. The second kappa shape index (κ2) is 4.06. The summed E-state index contributed by atoms with van der Waals surface area (Å²) < 4.78 is 16.1. The van der Waals surface area contributed by atoms with Crippen molar-refractivity contribution in [2.45, 2.75) is 11.1 Å². The summed E-state index contributed by atoms with van der Waals surface area (Å²) in [5, 5.41) is -0.0506. The zero-order chi connectivity index (χ0) is 12.8. The predicted molar refractivity (Wildman–Crippen MR) is 73.4 cm³/mol. The quantitative estimate of drug-likeness (QED) is 0.680. The second-order valence-electron chi connectivity index (χ2n) is 4.43. The van der Waals surface area contributed by atoms with Crippen LogP contribution < -0.4 is 0 Å². The lowest BCUT2D eigenvalue weighted by molar-refractivity contribution is 0.599. The summed E-state index contributed by atoms with van der Waals surface area (Å²) in [6, 6.07) is 10.8. The normalized spacial score (nSPS) is 17.8. The number of pyridine rings is 1. The number of thioether (sulfide) groups is 1. The molecular weight excluding hydrogens is 261 g/mol. The molecule has 4 rings (SSSR count). The van der Waals surface area contributed by atoms with E-state index in [1.165, 1.54) is 6.07 Å². The third-order valence-corrected chi connectivity index (χ3v) is 4.52. The molecule has 1 aliphatic rings. The molecule has 1 aromatic carbocycles. The highest BCUT2D eigenvalue weighted by molar-refractivity contribution is 7.99. The molecule has 0 amide bonds. The molecule has 0 N–H and O–H groups in total. The van der Waals surface area contributed by atoms with Crippen LogP contribution in [-0.2, 0) is 5.75 Å². The highest BCUT2D eigenvalue weighted by atomic mass is 32.2. The minimum atomic E-state index is -0.168. The topological polar surface area (TPSA) is 30.7 Å². The van der Waals surface area contributed by atoms with E-state index in [9.17, 15) is 4.39 Å². The molecule has 0 fully saturated rings. The van der Waals surface area contributed by atoms with Crippen LogP contribution in [0.2, 0.25) is 0 Å². The van der Waals surface area contributed by atoms with Crippen LogP contribution in [0.1, 0.15) is 16.8 Å². The fourth-order valence-corrected chi connectivity index (χ4v) is 3.74. The van der Waals surface area contributed by atoms with Crippen molar-refractivity contribution in [2.75, 3.05) is 0 Å². The van der Waals surface area contributed by atoms with Gasteiger partial charge in [-0.05, 0) is 18.2 Å². The van der Waals surface area contributed by atoms with E-state index in [0.29, 0.717) is 5.56 Å². The van der Waals surface area contributed by atoms with Crippen LogP contribution in [0.25, 0.3) is 11.2 Å². The van der Waals surface area contributed by atoms with Crippen molar-refractivity contribution in [2.24, 2.45) is 0 Å². The van der Waals surface area contributed by atoms with Crippen LogP contribution in [0, 0.1) is 5.82 Å². The zero-order valence-corrected chi connectivity index (χ0v) is 10.8. The average molecular weight is 271 g/mol. The highest BCUT2D eigenvalue weighted by Gasteiger charge is 2.29. The Balaban J connectivity index is 1.94. The predicted octanol–water partition coefficient (Wildman–Crippen LogP) is 3.36. The molecule has 0 spiro atoms. The first-order chi connectivity index (χ1) is 9.34. The first-order valence-electron chi connectivity index (χ1n) is 6.02. The van der Waals surface area contributed by atoms with Crippen molar-refractivity contribution in [3.8, 4) is 0 Å². The number of halogens is 1. The van der Waals surface area contributed by atoms with Crippen molar-refractivity contribution >= 4 is 22.9 Å². The molecular formula is C14H10FN3S. The molecule has 94 valence electrons. The molecule has 5 heteroatoms. The summed E-state index contributed by atoms with van der Waals surface area (Å²) in [6.45, 7) is 0. The number of nitrogens with zero attached hydrogens (tertiary/aromatic N) is 3. The highest BCUT2D eigenvalue weighted by Crippen LogP contribution is 2.42. The summed E-state index contributed by atoms with van der Waals surface area (Å²) in [4.78, 5) is 8.77. The second-order valence-corrected chi connectivity index (χ2v) is 5.50. The molecule has 0 bridgehead atoms. The van der Waals surface area contributed by atoms with E-state index >= 15 is 0 Å². The van der Waals surface area contributed by atoms with Crippen molar-refractivity contribution < 1.29 is 4.39 Å². The van der Waals surface area contributed by atoms with Crippen LogP contribution in [0.15, 0.2) is 42.6 Å². The Hall–Kier alpha value is -1.88. The first-order valence-corrected chi connectivity index (χ1v) is 7.07. The maximum atomic E-state index is 14.0. The minimum absolute atomic E-state index is 0.0506. The van der Waals surface area contributed by atoms with Gasteiger partial charge in [0.25, 0.3) is 0 Å². The number of imidazole rings is 1. The van der Waals surface area contributed by atoms with Gasteiger partial charge in [-0.2, -0.15) is 0 Å². The lowest BCUT2D eigenvalue weighted by Crippen LogP contribution is -2.05. The van der Waals surface area contributed by atoms with Crippen molar-refractivity contribution in [3.05, 3.63) is 59.8 Å². The third-order valence-electron chi connectivity index (χ3n) is 3.31. The number of hydrogen-bond acceptors (Lipinski definition) is 3. The van der Waals surface area contributed by atoms with Crippen LogP contribution in [0.3, 0.4) is 0 Å². The SMILES string of the molecule is Fc1ccccc1C1SCc2nc3ncccc3n21. The number of benzene rings is 1. The fraction of sp³-hybridized carbons (Fsp3) is 0.143. The van der Waals surface area contributed by atoms with E-state index in [-0.39, 0.29) is 11.2 Å². The van der Waals surface area contributed by atoms with Gasteiger partial charge in [0.05, 0.1) is 11.3 Å². The van der Waals surface area contributed by atoms with Gasteiger partial charge in [-0.15, -0.1) is 11.8 Å². The van der Waals surface area contributed by atoms with E-state index in [4.69, 9.17) is 0 Å². The third kappa shape index (κ3) is 1.58. The van der Waals surface area contributed by atoms with Crippen LogP contribution in [0.4, 0.5) is 4.39 Å². The van der Waals surface area contributed by atoms with Gasteiger partial charge in [0, 0.05) is 11.8 Å². The number of hydrogen-bond donors (Lipinski definition) is 0. The van der Waals surface area contributed by atoms with Crippen LogP contribution >= 0.6 is 11.8 Å². The summed E-state index contributed by atoms with van der Waals surface area (Å²) in [6.07, 6.45) is 1.73. The number of rotatable bonds is 1. The molecule has 0 saturated carbocycles. The number of fused-ring (bicyclic) bond motifs is 3. The monoisotopic (exact) mass is 271 g/mol. The minimum Gasteiger partial charge on any atom is -0.309 e.